The van der Waals surface area contributed by atoms with E-state index in [4.69, 9.17) is 46.6 Å². The molecule has 3 heterocycles. The van der Waals surface area contributed by atoms with Crippen molar-refractivity contribution in [3.63, 3.8) is 0 Å². The van der Waals surface area contributed by atoms with Crippen molar-refractivity contribution in [3.05, 3.63) is 29.8 Å². The van der Waals surface area contributed by atoms with Gasteiger partial charge in [-0.25, -0.2) is 8.42 Å². The maximum atomic E-state index is 14.0. The van der Waals surface area contributed by atoms with Gasteiger partial charge in [-0.2, -0.15) is 4.31 Å². The molecule has 0 radical (unpaired) electrons. The Balaban J connectivity index is 0.00000162. The molecule has 6 rings (SSSR count). The molecule has 0 spiro atoms. The third-order valence-electron chi connectivity index (χ3n) is 13.4. The summed E-state index contributed by atoms with van der Waals surface area (Å²) in [5.41, 5.74) is -1.62. The van der Waals surface area contributed by atoms with Crippen LogP contribution in [0.4, 0.5) is 0 Å². The lowest BCUT2D eigenvalue weighted by Gasteiger charge is -2.57. The van der Waals surface area contributed by atoms with Crippen LogP contribution in [0.3, 0.4) is 0 Å². The van der Waals surface area contributed by atoms with Crippen LogP contribution in [-0.2, 0) is 38.2 Å². The number of benzene rings is 1. The van der Waals surface area contributed by atoms with Crippen molar-refractivity contribution in [3.8, 4) is 0 Å². The van der Waals surface area contributed by atoms with E-state index in [-0.39, 0.29) is 46.2 Å². The number of carbonyl (C=O) groups excluding carboxylic acids is 1. The summed E-state index contributed by atoms with van der Waals surface area (Å²) in [6.07, 6.45) is 2.74. The van der Waals surface area contributed by atoms with Gasteiger partial charge < -0.3 is 23.4 Å². The highest BCUT2D eigenvalue weighted by atomic mass is 35.5. The van der Waals surface area contributed by atoms with Crippen LogP contribution >= 0.6 is 23.2 Å². The second-order valence-electron chi connectivity index (χ2n) is 18.3. The molecule has 0 amide bonds. The largest absolute Gasteiger partial charge is 0.465 e. The predicted molar refractivity (Wildman–Crippen MR) is 204 cm³/mol. The lowest BCUT2D eigenvalue weighted by Crippen LogP contribution is -2.55. The Bertz CT molecular complexity index is 1500. The van der Waals surface area contributed by atoms with Gasteiger partial charge in [-0.1, -0.05) is 32.9 Å². The Labute approximate surface area is 317 Å². The number of nitrogens with zero attached hydrogens (tertiary/aromatic N) is 1. The number of ether oxygens (including phenoxy) is 1. The molecule has 2 saturated carbocycles. The van der Waals surface area contributed by atoms with Crippen LogP contribution in [0.5, 0.6) is 0 Å². The zero-order chi connectivity index (χ0) is 38.0. The molecule has 5 atom stereocenters. The standard InChI is InChI=1S/C36H57B2NO8S.CH2Cl2/c1-31(2)21-29(38-46-34(7,8)35(9,10)47-38)26-20-27(31)30(40)23-36(26,11)22-28(37-44-32(3,4)33(5,6)45-37)24-12-14-25(15-13-24)48(41,42)39-16-18-43-19-17-39;2-1-3/h12-15,26-29H,16-23H2,1-11H3;1H2/t26-,27-,28-,29+,36+;/m1./s1. The summed E-state index contributed by atoms with van der Waals surface area (Å²) < 4.78 is 60.7. The molecule has 286 valence electrons. The first kappa shape index (κ1) is 41.5. The molecular weight excluding hydrogens is 711 g/mol. The lowest BCUT2D eigenvalue weighted by atomic mass is 9.40. The van der Waals surface area contributed by atoms with Crippen LogP contribution in [-0.4, -0.2) is 86.8 Å². The van der Waals surface area contributed by atoms with Gasteiger partial charge in [0.1, 0.15) is 5.78 Å². The highest BCUT2D eigenvalue weighted by Crippen LogP contribution is 2.64. The van der Waals surface area contributed by atoms with Gasteiger partial charge in [0.15, 0.2) is 0 Å². The van der Waals surface area contributed by atoms with Gasteiger partial charge in [0, 0.05) is 31.2 Å². The number of hydrogen-bond acceptors (Lipinski definition) is 8. The highest BCUT2D eigenvalue weighted by Gasteiger charge is 2.64. The number of Topliss-reactive ketones (excluding diaryl/α,β-unsaturated/α-hetero) is 1. The first-order valence-corrected chi connectivity index (χ1v) is 21.0. The van der Waals surface area contributed by atoms with Gasteiger partial charge in [0.25, 0.3) is 0 Å². The van der Waals surface area contributed by atoms with E-state index in [0.717, 1.165) is 18.4 Å². The van der Waals surface area contributed by atoms with E-state index in [9.17, 15) is 13.2 Å². The summed E-state index contributed by atoms with van der Waals surface area (Å²) in [5.74, 6) is 0.360. The number of hydrogen-bond donors (Lipinski definition) is 0. The monoisotopic (exact) mass is 769 g/mol. The molecule has 0 N–H and O–H groups in total. The molecule has 0 unspecified atom stereocenters. The summed E-state index contributed by atoms with van der Waals surface area (Å²) in [5, 5.41) is 0.194. The number of carbonyl (C=O) groups is 1. The first-order valence-electron chi connectivity index (χ1n) is 18.5. The van der Waals surface area contributed by atoms with Gasteiger partial charge in [-0.05, 0) is 115 Å². The Hall–Kier alpha value is -0.690. The number of fused-ring (bicyclic) bond motifs is 2. The van der Waals surface area contributed by atoms with Crippen molar-refractivity contribution in [1.82, 2.24) is 4.31 Å². The number of halogens is 2. The number of morpholine rings is 1. The average Bonchev–Trinajstić information content (AvgIpc) is 3.38. The van der Waals surface area contributed by atoms with Crippen molar-refractivity contribution in [1.29, 1.82) is 0 Å². The first-order chi connectivity index (χ1) is 23.4. The van der Waals surface area contributed by atoms with Crippen molar-refractivity contribution in [2.75, 3.05) is 31.6 Å². The summed E-state index contributed by atoms with van der Waals surface area (Å²) in [7, 11) is -4.59. The Kier molecular flexibility index (Phi) is 11.7. The van der Waals surface area contributed by atoms with Crippen LogP contribution in [0, 0.1) is 22.7 Å². The zero-order valence-corrected chi connectivity index (χ0v) is 34.8. The molecule has 1 aromatic carbocycles. The second-order valence-corrected chi connectivity index (χ2v) is 21.0. The quantitative estimate of drug-likeness (QED) is 0.205. The molecule has 9 nitrogen and oxygen atoms in total. The summed E-state index contributed by atoms with van der Waals surface area (Å²) in [6.45, 7) is 24.8. The van der Waals surface area contributed by atoms with E-state index in [1.807, 2.05) is 12.1 Å². The van der Waals surface area contributed by atoms with Gasteiger partial charge in [-0.3, -0.25) is 4.79 Å². The molecule has 5 fully saturated rings. The second kappa shape index (κ2) is 14.4. The Morgan fingerprint density at radius 1 is 0.824 bits per heavy atom. The fourth-order valence-corrected chi connectivity index (χ4v) is 10.4. The van der Waals surface area contributed by atoms with E-state index in [1.54, 1.807) is 12.1 Å². The van der Waals surface area contributed by atoms with Gasteiger partial charge in [0.05, 0.1) is 45.9 Å². The maximum absolute atomic E-state index is 14.0. The Morgan fingerprint density at radius 3 is 1.82 bits per heavy atom. The van der Waals surface area contributed by atoms with E-state index in [0.29, 0.717) is 44.9 Å². The van der Waals surface area contributed by atoms with Crippen LogP contribution < -0.4 is 0 Å². The average molecular weight is 770 g/mol. The topological polar surface area (TPSA) is 101 Å². The van der Waals surface area contributed by atoms with Crippen molar-refractivity contribution >= 4 is 53.2 Å². The third-order valence-corrected chi connectivity index (χ3v) is 15.3. The van der Waals surface area contributed by atoms with Gasteiger partial charge in [0.2, 0.25) is 10.0 Å². The van der Waals surface area contributed by atoms with E-state index in [2.05, 4.69) is 76.2 Å². The molecule has 0 aromatic heterocycles. The minimum Gasteiger partial charge on any atom is -0.403 e. The van der Waals surface area contributed by atoms with Crippen LogP contribution in [0.15, 0.2) is 29.2 Å². The number of sulfonamides is 1. The van der Waals surface area contributed by atoms with Gasteiger partial charge in [-0.15, -0.1) is 23.2 Å². The minimum atomic E-state index is -3.65. The minimum absolute atomic E-state index is 0.00535. The third kappa shape index (κ3) is 7.88. The van der Waals surface area contributed by atoms with Crippen LogP contribution in [0.25, 0.3) is 0 Å². The zero-order valence-electron chi connectivity index (χ0n) is 32.5. The lowest BCUT2D eigenvalue weighted by molar-refractivity contribution is -0.142. The van der Waals surface area contributed by atoms with Crippen molar-refractivity contribution < 1.29 is 36.6 Å². The molecule has 14 heteroatoms. The van der Waals surface area contributed by atoms with E-state index >= 15 is 0 Å². The molecular formula is C37H59B2Cl2NO8S. The van der Waals surface area contributed by atoms with Crippen LogP contribution in [0.1, 0.15) is 113 Å². The molecule has 2 aliphatic carbocycles. The van der Waals surface area contributed by atoms with Gasteiger partial charge >= 0.3 is 14.2 Å². The molecule has 3 aliphatic heterocycles. The smallest absolute Gasteiger partial charge is 0.403 e. The number of ketones is 1. The highest BCUT2D eigenvalue weighted by molar-refractivity contribution is 7.89. The molecule has 2 bridgehead atoms. The van der Waals surface area contributed by atoms with Crippen molar-refractivity contribution in [2.24, 2.45) is 22.7 Å². The van der Waals surface area contributed by atoms with Crippen molar-refractivity contribution in [2.45, 2.75) is 141 Å². The number of rotatable bonds is 7. The number of alkyl halides is 2. The maximum Gasteiger partial charge on any atom is 0.465 e. The summed E-state index contributed by atoms with van der Waals surface area (Å²) in [6, 6.07) is 7.24. The van der Waals surface area contributed by atoms with E-state index < -0.39 is 45.0 Å². The summed E-state index contributed by atoms with van der Waals surface area (Å²) in [4.78, 5) is 14.3. The normalized spacial score (nSPS) is 33.0. The van der Waals surface area contributed by atoms with E-state index in [1.165, 1.54) is 4.31 Å². The molecule has 1 aromatic rings. The molecule has 51 heavy (non-hydrogen) atoms. The molecule has 3 saturated heterocycles. The summed E-state index contributed by atoms with van der Waals surface area (Å²) >= 11 is 9.53. The fourth-order valence-electron chi connectivity index (χ4n) is 8.98. The molecule has 5 aliphatic rings. The SMILES string of the molecule is CC1(C)C[C@H](B2OC(C)(C)C(C)(C)O2)[C@H]2C[C@@H]1C(=O)C[C@]2(C)C[C@@H](B1OC(C)(C)C(C)(C)O1)c1ccc(S(=O)(=O)N2CCOCC2)cc1.ClCCl. The predicted octanol–water partition coefficient (Wildman–Crippen LogP) is 7.73. The van der Waals surface area contributed by atoms with Crippen LogP contribution in [0.2, 0.25) is 5.82 Å². The fraction of sp³-hybridized carbons (Fsp3) is 0.811. The Morgan fingerprint density at radius 2 is 1.31 bits per heavy atom.